The minimum atomic E-state index is 0.536. The fraction of sp³-hybridized carbons (Fsp3) is 0.217. The molecule has 0 unspecified atom stereocenters. The Hall–Kier alpha value is -2.59. The zero-order valence-corrected chi connectivity index (χ0v) is 16.7. The lowest BCUT2D eigenvalue weighted by Crippen LogP contribution is -1.91. The predicted molar refractivity (Wildman–Crippen MR) is 113 cm³/mol. The molecule has 0 saturated heterocycles. The van der Waals surface area contributed by atoms with Crippen molar-refractivity contribution in [3.8, 4) is 11.3 Å². The molecule has 0 saturated carbocycles. The molecule has 0 radical (unpaired) electrons. The van der Waals surface area contributed by atoms with Crippen LogP contribution in [0.5, 0.6) is 0 Å². The van der Waals surface area contributed by atoms with E-state index in [2.05, 4.69) is 80.4 Å². The van der Waals surface area contributed by atoms with E-state index in [0.29, 0.717) is 5.92 Å². The number of nitrogens with zero attached hydrogens (tertiary/aromatic N) is 3. The third kappa shape index (κ3) is 3.91. The van der Waals surface area contributed by atoms with Crippen LogP contribution < -0.4 is 0 Å². The molecule has 3 nitrogen and oxygen atoms in total. The number of hydrogen-bond acceptors (Lipinski definition) is 3. The number of aromatic nitrogens is 3. The van der Waals surface area contributed by atoms with Crippen molar-refractivity contribution >= 4 is 17.3 Å². The van der Waals surface area contributed by atoms with Crippen molar-refractivity contribution in [1.82, 2.24) is 14.6 Å². The minimum absolute atomic E-state index is 0.536. The Kier molecular flexibility index (Phi) is 4.99. The number of fused-ring (bicyclic) bond motifs is 1. The van der Waals surface area contributed by atoms with Gasteiger partial charge in [-0.15, -0.1) is 0 Å². The summed E-state index contributed by atoms with van der Waals surface area (Å²) in [7, 11) is 0. The molecule has 4 heteroatoms. The van der Waals surface area contributed by atoms with Gasteiger partial charge in [0.2, 0.25) is 0 Å². The summed E-state index contributed by atoms with van der Waals surface area (Å²) in [6.07, 6.45) is 3.74. The van der Waals surface area contributed by atoms with E-state index in [9.17, 15) is 0 Å². The second-order valence-electron chi connectivity index (χ2n) is 7.14. The lowest BCUT2D eigenvalue weighted by atomic mass is 10.0. The first-order chi connectivity index (χ1) is 13.1. The average Bonchev–Trinajstić information content (AvgIpc) is 3.12. The molecule has 0 bridgehead atoms. The van der Waals surface area contributed by atoms with Crippen LogP contribution in [0, 0.1) is 6.92 Å². The zero-order chi connectivity index (χ0) is 18.8. The SMILES string of the molecule is Cc1ccc(CSc2nccn3nc(-c4ccc(C(C)C)cc4)cc23)cc1. The third-order valence-electron chi connectivity index (χ3n) is 4.72. The third-order valence-corrected chi connectivity index (χ3v) is 5.79. The van der Waals surface area contributed by atoms with Crippen molar-refractivity contribution in [3.63, 3.8) is 0 Å². The van der Waals surface area contributed by atoms with Gasteiger partial charge in [0.15, 0.2) is 0 Å². The van der Waals surface area contributed by atoms with E-state index >= 15 is 0 Å². The summed E-state index contributed by atoms with van der Waals surface area (Å²) in [6.45, 7) is 6.53. The predicted octanol–water partition coefficient (Wildman–Crippen LogP) is 6.12. The van der Waals surface area contributed by atoms with Gasteiger partial charge in [-0.25, -0.2) is 9.50 Å². The summed E-state index contributed by atoms with van der Waals surface area (Å²) in [6, 6.07) is 19.5. The molecule has 27 heavy (non-hydrogen) atoms. The fourth-order valence-corrected chi connectivity index (χ4v) is 3.96. The molecule has 0 aliphatic heterocycles. The highest BCUT2D eigenvalue weighted by atomic mass is 32.2. The maximum absolute atomic E-state index is 4.75. The molecular formula is C23H23N3S. The van der Waals surface area contributed by atoms with Crippen LogP contribution in [0.25, 0.3) is 16.8 Å². The average molecular weight is 374 g/mol. The second kappa shape index (κ2) is 7.57. The molecule has 0 N–H and O–H groups in total. The van der Waals surface area contributed by atoms with Gasteiger partial charge in [-0.05, 0) is 30.0 Å². The van der Waals surface area contributed by atoms with Crippen molar-refractivity contribution in [2.75, 3.05) is 0 Å². The van der Waals surface area contributed by atoms with Crippen LogP contribution in [0.2, 0.25) is 0 Å². The van der Waals surface area contributed by atoms with Gasteiger partial charge in [0, 0.05) is 23.7 Å². The summed E-state index contributed by atoms with van der Waals surface area (Å²) < 4.78 is 1.93. The Morgan fingerprint density at radius 2 is 1.74 bits per heavy atom. The summed E-state index contributed by atoms with van der Waals surface area (Å²) in [5.74, 6) is 1.44. The van der Waals surface area contributed by atoms with Gasteiger partial charge in [0.1, 0.15) is 5.03 Å². The number of benzene rings is 2. The van der Waals surface area contributed by atoms with Crippen molar-refractivity contribution in [2.24, 2.45) is 0 Å². The fourth-order valence-electron chi connectivity index (χ4n) is 3.03. The van der Waals surface area contributed by atoms with E-state index in [4.69, 9.17) is 5.10 Å². The molecule has 0 fully saturated rings. The van der Waals surface area contributed by atoms with E-state index in [1.54, 1.807) is 11.8 Å². The smallest absolute Gasteiger partial charge is 0.122 e. The molecule has 0 atom stereocenters. The lowest BCUT2D eigenvalue weighted by Gasteiger charge is -2.05. The standard InChI is InChI=1S/C23H23N3S/c1-16(2)19-8-10-20(11-9-19)21-14-22-23(24-12-13-26(22)25-21)27-15-18-6-4-17(3)5-7-18/h4-14,16H,15H2,1-3H3. The van der Waals surface area contributed by atoms with Crippen LogP contribution >= 0.6 is 11.8 Å². The second-order valence-corrected chi connectivity index (χ2v) is 8.11. The van der Waals surface area contributed by atoms with Gasteiger partial charge in [-0.3, -0.25) is 0 Å². The molecular weight excluding hydrogens is 350 g/mol. The van der Waals surface area contributed by atoms with Crippen LogP contribution in [-0.2, 0) is 5.75 Å². The van der Waals surface area contributed by atoms with Gasteiger partial charge in [0.25, 0.3) is 0 Å². The number of thioether (sulfide) groups is 1. The molecule has 0 aliphatic rings. The number of rotatable bonds is 5. The van der Waals surface area contributed by atoms with E-state index < -0.39 is 0 Å². The highest BCUT2D eigenvalue weighted by molar-refractivity contribution is 7.98. The number of aryl methyl sites for hydroxylation is 1. The van der Waals surface area contributed by atoms with Crippen LogP contribution in [0.15, 0.2) is 72.0 Å². The lowest BCUT2D eigenvalue weighted by molar-refractivity contribution is 0.866. The maximum atomic E-state index is 4.75. The highest BCUT2D eigenvalue weighted by Gasteiger charge is 2.10. The molecule has 136 valence electrons. The summed E-state index contributed by atoms with van der Waals surface area (Å²) >= 11 is 1.75. The maximum Gasteiger partial charge on any atom is 0.122 e. The van der Waals surface area contributed by atoms with Crippen LogP contribution in [0.1, 0.15) is 36.5 Å². The first kappa shape index (κ1) is 17.8. The van der Waals surface area contributed by atoms with Gasteiger partial charge < -0.3 is 0 Å². The topological polar surface area (TPSA) is 30.2 Å². The van der Waals surface area contributed by atoms with E-state index in [-0.39, 0.29) is 0 Å². The first-order valence-electron chi connectivity index (χ1n) is 9.23. The van der Waals surface area contributed by atoms with Gasteiger partial charge in [-0.2, -0.15) is 5.10 Å². The molecule has 2 aromatic heterocycles. The van der Waals surface area contributed by atoms with Crippen LogP contribution in [0.3, 0.4) is 0 Å². The molecule has 0 amide bonds. The van der Waals surface area contributed by atoms with E-state index in [1.165, 1.54) is 16.7 Å². The highest BCUT2D eigenvalue weighted by Crippen LogP contribution is 2.29. The Morgan fingerprint density at radius 1 is 1.00 bits per heavy atom. The monoisotopic (exact) mass is 373 g/mol. The van der Waals surface area contributed by atoms with Crippen molar-refractivity contribution in [3.05, 3.63) is 83.7 Å². The normalized spacial score (nSPS) is 11.4. The van der Waals surface area contributed by atoms with Gasteiger partial charge in [-0.1, -0.05) is 79.7 Å². The summed E-state index contributed by atoms with van der Waals surface area (Å²) in [4.78, 5) is 4.59. The Bertz CT molecular complexity index is 1050. The summed E-state index contributed by atoms with van der Waals surface area (Å²) in [5, 5.41) is 5.76. The van der Waals surface area contributed by atoms with Crippen LogP contribution in [-0.4, -0.2) is 14.6 Å². The van der Waals surface area contributed by atoms with E-state index in [1.807, 2.05) is 16.9 Å². The molecule has 0 aliphatic carbocycles. The molecule has 2 aromatic carbocycles. The molecule has 4 rings (SSSR count). The first-order valence-corrected chi connectivity index (χ1v) is 10.2. The molecule has 4 aromatic rings. The molecule has 2 heterocycles. The Morgan fingerprint density at radius 3 is 2.44 bits per heavy atom. The Balaban J connectivity index is 1.60. The van der Waals surface area contributed by atoms with Crippen molar-refractivity contribution < 1.29 is 0 Å². The summed E-state index contributed by atoms with van der Waals surface area (Å²) in [5.41, 5.74) is 7.11. The van der Waals surface area contributed by atoms with Gasteiger partial charge in [0.05, 0.1) is 11.2 Å². The van der Waals surface area contributed by atoms with E-state index in [0.717, 1.165) is 27.6 Å². The van der Waals surface area contributed by atoms with Crippen LogP contribution in [0.4, 0.5) is 0 Å². The van der Waals surface area contributed by atoms with Crippen molar-refractivity contribution in [2.45, 2.75) is 37.5 Å². The minimum Gasteiger partial charge on any atom is -0.246 e. The number of hydrogen-bond donors (Lipinski definition) is 0. The zero-order valence-electron chi connectivity index (χ0n) is 15.9. The quantitative estimate of drug-likeness (QED) is 0.395. The van der Waals surface area contributed by atoms with Crippen molar-refractivity contribution in [1.29, 1.82) is 0 Å². The molecule has 0 spiro atoms. The Labute approximate surface area is 164 Å². The largest absolute Gasteiger partial charge is 0.246 e. The van der Waals surface area contributed by atoms with Gasteiger partial charge >= 0.3 is 0 Å².